The lowest BCUT2D eigenvalue weighted by Gasteiger charge is -2.20. The van der Waals surface area contributed by atoms with Gasteiger partial charge in [-0.15, -0.1) is 0 Å². The third-order valence-corrected chi connectivity index (χ3v) is 5.73. The lowest BCUT2D eigenvalue weighted by atomic mass is 10.0. The van der Waals surface area contributed by atoms with Gasteiger partial charge in [0.1, 0.15) is 11.3 Å². The minimum absolute atomic E-state index is 0.733. The number of anilines is 2. The van der Waals surface area contributed by atoms with E-state index >= 15 is 0 Å². The Hall–Kier alpha value is -2.80. The van der Waals surface area contributed by atoms with Gasteiger partial charge in [-0.1, -0.05) is 0 Å². The predicted molar refractivity (Wildman–Crippen MR) is 107 cm³/mol. The van der Waals surface area contributed by atoms with E-state index in [4.69, 9.17) is 9.97 Å². The maximum absolute atomic E-state index is 4.73. The monoisotopic (exact) mass is 361 g/mol. The van der Waals surface area contributed by atoms with Gasteiger partial charge < -0.3 is 15.1 Å². The first-order valence-corrected chi connectivity index (χ1v) is 9.40. The van der Waals surface area contributed by atoms with Crippen LogP contribution in [0, 0.1) is 11.8 Å². The Kier molecular flexibility index (Phi) is 3.89. The van der Waals surface area contributed by atoms with E-state index in [0.29, 0.717) is 0 Å². The van der Waals surface area contributed by atoms with Crippen molar-refractivity contribution in [2.75, 3.05) is 50.5 Å². The molecule has 7 heteroatoms. The van der Waals surface area contributed by atoms with E-state index in [2.05, 4.69) is 44.3 Å². The summed E-state index contributed by atoms with van der Waals surface area (Å²) in [5.41, 5.74) is 3.45. The van der Waals surface area contributed by atoms with Gasteiger partial charge in [0.25, 0.3) is 0 Å². The first kappa shape index (κ1) is 16.4. The zero-order valence-corrected chi connectivity index (χ0v) is 15.6. The quantitative estimate of drug-likeness (QED) is 0.766. The van der Waals surface area contributed by atoms with Crippen LogP contribution in [0.25, 0.3) is 22.3 Å². The van der Waals surface area contributed by atoms with Crippen molar-refractivity contribution in [3.63, 3.8) is 0 Å². The second-order valence-corrected chi connectivity index (χ2v) is 7.58. The molecule has 5 heterocycles. The van der Waals surface area contributed by atoms with Crippen LogP contribution in [0.2, 0.25) is 0 Å². The van der Waals surface area contributed by atoms with Gasteiger partial charge in [-0.2, -0.15) is 0 Å². The topological polar surface area (TPSA) is 70.1 Å². The first-order chi connectivity index (χ1) is 13.2. The van der Waals surface area contributed by atoms with E-state index in [1.54, 1.807) is 12.4 Å². The molecule has 1 N–H and O–H groups in total. The van der Waals surface area contributed by atoms with Crippen LogP contribution in [0.15, 0.2) is 36.8 Å². The van der Waals surface area contributed by atoms with Gasteiger partial charge in [-0.25, -0.2) is 15.0 Å². The lowest BCUT2D eigenvalue weighted by Crippen LogP contribution is -2.27. The van der Waals surface area contributed by atoms with Crippen LogP contribution >= 0.6 is 0 Å². The fourth-order valence-corrected chi connectivity index (χ4v) is 4.43. The number of likely N-dealkylation sites (tertiary alicyclic amines) is 1. The fourth-order valence-electron chi connectivity index (χ4n) is 4.43. The summed E-state index contributed by atoms with van der Waals surface area (Å²) < 4.78 is 0. The molecule has 0 spiro atoms. The Morgan fingerprint density at radius 2 is 1.78 bits per heavy atom. The smallest absolute Gasteiger partial charge is 0.154 e. The minimum Gasteiger partial charge on any atom is -0.371 e. The Labute approximate surface area is 158 Å². The molecule has 0 radical (unpaired) electrons. The lowest BCUT2D eigenvalue weighted by molar-refractivity contribution is 0.387. The second-order valence-electron chi connectivity index (χ2n) is 7.58. The molecule has 3 aromatic rings. The Morgan fingerprint density at radius 3 is 2.48 bits per heavy atom. The van der Waals surface area contributed by atoms with Gasteiger partial charge >= 0.3 is 0 Å². The normalized spacial score (nSPS) is 22.4. The molecule has 0 aromatic carbocycles. The molecule has 2 unspecified atom stereocenters. The summed E-state index contributed by atoms with van der Waals surface area (Å²) in [6, 6.07) is 6.18. The summed E-state index contributed by atoms with van der Waals surface area (Å²) in [5, 5.41) is 3.12. The molecule has 138 valence electrons. The van der Waals surface area contributed by atoms with Gasteiger partial charge in [0.15, 0.2) is 5.82 Å². The van der Waals surface area contributed by atoms with E-state index in [-0.39, 0.29) is 0 Å². The molecule has 2 aliphatic heterocycles. The molecule has 0 amide bonds. The molecule has 5 rings (SSSR count). The third-order valence-electron chi connectivity index (χ3n) is 5.73. The van der Waals surface area contributed by atoms with Gasteiger partial charge in [0.2, 0.25) is 0 Å². The van der Waals surface area contributed by atoms with Crippen molar-refractivity contribution < 1.29 is 0 Å². The number of hydrogen-bond donors (Lipinski definition) is 1. The van der Waals surface area contributed by atoms with E-state index in [1.807, 2.05) is 19.3 Å². The molecule has 0 bridgehead atoms. The van der Waals surface area contributed by atoms with Crippen molar-refractivity contribution >= 4 is 22.7 Å². The van der Waals surface area contributed by atoms with Crippen molar-refractivity contribution in [3.8, 4) is 11.3 Å². The van der Waals surface area contributed by atoms with Gasteiger partial charge in [0.05, 0.1) is 11.2 Å². The van der Waals surface area contributed by atoms with E-state index in [0.717, 1.165) is 58.9 Å². The van der Waals surface area contributed by atoms with E-state index < -0.39 is 0 Å². The zero-order valence-electron chi connectivity index (χ0n) is 15.6. The highest BCUT2D eigenvalue weighted by molar-refractivity contribution is 5.88. The average Bonchev–Trinajstić information content (AvgIpc) is 3.24. The van der Waals surface area contributed by atoms with Crippen LogP contribution in [0.1, 0.15) is 0 Å². The van der Waals surface area contributed by atoms with Crippen LogP contribution in [-0.2, 0) is 0 Å². The summed E-state index contributed by atoms with van der Waals surface area (Å²) >= 11 is 0. The SMILES string of the molecule is CNc1nc(-c2ccc(N3CC4CN(C)CC4C3)nc2)cc2nccnc12. The molecule has 27 heavy (non-hydrogen) atoms. The predicted octanol–water partition coefficient (Wildman–Crippen LogP) is 2.13. The number of rotatable bonds is 3. The first-order valence-electron chi connectivity index (χ1n) is 9.40. The van der Waals surface area contributed by atoms with Crippen LogP contribution in [-0.4, -0.2) is 65.1 Å². The van der Waals surface area contributed by atoms with Crippen LogP contribution in [0.5, 0.6) is 0 Å². The number of nitrogens with zero attached hydrogens (tertiary/aromatic N) is 6. The highest BCUT2D eigenvalue weighted by Crippen LogP contribution is 2.33. The summed E-state index contributed by atoms with van der Waals surface area (Å²) in [5.74, 6) is 3.34. The molecular formula is C20H23N7. The molecule has 0 saturated carbocycles. The molecule has 2 aliphatic rings. The minimum atomic E-state index is 0.733. The van der Waals surface area contributed by atoms with Crippen LogP contribution in [0.4, 0.5) is 11.6 Å². The van der Waals surface area contributed by atoms with E-state index in [9.17, 15) is 0 Å². The van der Waals surface area contributed by atoms with Crippen molar-refractivity contribution in [3.05, 3.63) is 36.8 Å². The van der Waals surface area contributed by atoms with Crippen molar-refractivity contribution in [1.29, 1.82) is 0 Å². The maximum atomic E-state index is 4.73. The molecule has 2 atom stereocenters. The van der Waals surface area contributed by atoms with Crippen molar-refractivity contribution in [2.45, 2.75) is 0 Å². The summed E-state index contributed by atoms with van der Waals surface area (Å²) in [4.78, 5) is 23.1. The number of hydrogen-bond acceptors (Lipinski definition) is 7. The average molecular weight is 361 g/mol. The van der Waals surface area contributed by atoms with Gasteiger partial charge in [-0.3, -0.25) is 4.98 Å². The summed E-state index contributed by atoms with van der Waals surface area (Å²) in [6.45, 7) is 4.62. The molecular weight excluding hydrogens is 338 g/mol. The highest BCUT2D eigenvalue weighted by atomic mass is 15.3. The second kappa shape index (κ2) is 6.42. The number of aromatic nitrogens is 4. The standard InChI is InChI=1S/C20H23N7/c1-21-20-19-17(22-5-6-23-19)7-16(25-20)13-3-4-18(24-8-13)27-11-14-9-26(2)10-15(14)12-27/h3-8,14-15H,9-12H2,1-2H3,(H,21,25). The van der Waals surface area contributed by atoms with Gasteiger partial charge in [0, 0.05) is 57.4 Å². The molecule has 2 saturated heterocycles. The van der Waals surface area contributed by atoms with Crippen LogP contribution in [0.3, 0.4) is 0 Å². The molecule has 2 fully saturated rings. The summed E-state index contributed by atoms with van der Waals surface area (Å²) in [7, 11) is 4.07. The van der Waals surface area contributed by atoms with E-state index in [1.165, 1.54) is 13.1 Å². The number of pyridine rings is 2. The van der Waals surface area contributed by atoms with Crippen molar-refractivity contribution in [2.24, 2.45) is 11.8 Å². The Balaban J connectivity index is 1.42. The van der Waals surface area contributed by atoms with Crippen molar-refractivity contribution in [1.82, 2.24) is 24.8 Å². The molecule has 7 nitrogen and oxygen atoms in total. The Morgan fingerprint density at radius 1 is 1.00 bits per heavy atom. The zero-order chi connectivity index (χ0) is 18.4. The number of fused-ring (bicyclic) bond motifs is 2. The van der Waals surface area contributed by atoms with Crippen LogP contribution < -0.4 is 10.2 Å². The van der Waals surface area contributed by atoms with Gasteiger partial charge in [-0.05, 0) is 37.1 Å². The largest absolute Gasteiger partial charge is 0.371 e. The third kappa shape index (κ3) is 2.88. The maximum Gasteiger partial charge on any atom is 0.154 e. The molecule has 0 aliphatic carbocycles. The molecule has 3 aromatic heterocycles. The number of nitrogens with one attached hydrogen (secondary N) is 1. The summed E-state index contributed by atoms with van der Waals surface area (Å²) in [6.07, 6.45) is 5.30. The highest BCUT2D eigenvalue weighted by Gasteiger charge is 2.38. The fraction of sp³-hybridized carbons (Fsp3) is 0.400. The Bertz CT molecular complexity index is 958.